The fraction of sp³-hybridized carbons (Fsp3) is 0.333. The third kappa shape index (κ3) is 3.05. The SMILES string of the molecule is Cc1cnn([C@@H]2CCCN(C(=O)c3cn[nH]c3-c3ccncc3)C2)c1. The fourth-order valence-electron chi connectivity index (χ4n) is 3.35. The van der Waals surface area contributed by atoms with Crippen molar-refractivity contribution in [2.24, 2.45) is 0 Å². The number of amides is 1. The molecule has 0 bridgehead atoms. The highest BCUT2D eigenvalue weighted by atomic mass is 16.2. The van der Waals surface area contributed by atoms with E-state index in [1.807, 2.05) is 41.0 Å². The fourth-order valence-corrected chi connectivity index (χ4v) is 3.35. The molecule has 0 spiro atoms. The van der Waals surface area contributed by atoms with E-state index in [2.05, 4.69) is 20.3 Å². The molecule has 1 aliphatic rings. The first-order valence-electron chi connectivity index (χ1n) is 8.46. The molecule has 1 amide bonds. The summed E-state index contributed by atoms with van der Waals surface area (Å²) in [5.74, 6) is 0.00846. The summed E-state index contributed by atoms with van der Waals surface area (Å²) in [4.78, 5) is 19.0. The predicted molar refractivity (Wildman–Crippen MR) is 93.0 cm³/mol. The molecular formula is C18H20N6O. The Labute approximate surface area is 145 Å². The Kier molecular flexibility index (Phi) is 4.05. The van der Waals surface area contributed by atoms with Gasteiger partial charge in [-0.25, -0.2) is 0 Å². The summed E-state index contributed by atoms with van der Waals surface area (Å²) in [6.45, 7) is 3.46. The first kappa shape index (κ1) is 15.6. The Bertz CT molecular complexity index is 869. The molecule has 4 heterocycles. The van der Waals surface area contributed by atoms with Crippen LogP contribution in [0, 0.1) is 6.92 Å². The number of aryl methyl sites for hydroxylation is 1. The quantitative estimate of drug-likeness (QED) is 0.797. The number of carbonyl (C=O) groups is 1. The van der Waals surface area contributed by atoms with Gasteiger partial charge in [-0.05, 0) is 37.5 Å². The van der Waals surface area contributed by atoms with Crippen LogP contribution in [0.5, 0.6) is 0 Å². The largest absolute Gasteiger partial charge is 0.336 e. The standard InChI is InChI=1S/C18H20N6O/c1-13-9-21-24(11-13)15-3-2-8-23(12-15)18(25)16-10-20-22-17(16)14-4-6-19-7-5-14/h4-7,9-11,15H,2-3,8,12H2,1H3,(H,20,22)/t15-/m1/s1. The molecule has 1 saturated heterocycles. The third-order valence-electron chi connectivity index (χ3n) is 4.63. The number of nitrogens with zero attached hydrogens (tertiary/aromatic N) is 5. The lowest BCUT2D eigenvalue weighted by Gasteiger charge is -2.32. The van der Waals surface area contributed by atoms with E-state index in [1.54, 1.807) is 18.6 Å². The average Bonchev–Trinajstić information content (AvgIpc) is 3.31. The second-order valence-electron chi connectivity index (χ2n) is 6.44. The maximum Gasteiger partial charge on any atom is 0.257 e. The van der Waals surface area contributed by atoms with E-state index < -0.39 is 0 Å². The van der Waals surface area contributed by atoms with E-state index in [1.165, 1.54) is 0 Å². The van der Waals surface area contributed by atoms with Gasteiger partial charge in [0.25, 0.3) is 5.91 Å². The zero-order chi connectivity index (χ0) is 17.2. The van der Waals surface area contributed by atoms with Gasteiger partial charge < -0.3 is 4.90 Å². The number of pyridine rings is 1. The average molecular weight is 336 g/mol. The van der Waals surface area contributed by atoms with Gasteiger partial charge in [-0.3, -0.25) is 19.6 Å². The Balaban J connectivity index is 1.56. The number of likely N-dealkylation sites (tertiary alicyclic amines) is 1. The van der Waals surface area contributed by atoms with Crippen LogP contribution in [0.15, 0.2) is 43.1 Å². The Morgan fingerprint density at radius 2 is 2.12 bits per heavy atom. The van der Waals surface area contributed by atoms with Crippen molar-refractivity contribution in [3.8, 4) is 11.3 Å². The summed E-state index contributed by atoms with van der Waals surface area (Å²) >= 11 is 0. The lowest BCUT2D eigenvalue weighted by molar-refractivity contribution is 0.0674. The zero-order valence-electron chi connectivity index (χ0n) is 14.1. The van der Waals surface area contributed by atoms with Crippen LogP contribution < -0.4 is 0 Å². The first-order chi connectivity index (χ1) is 12.2. The second-order valence-corrected chi connectivity index (χ2v) is 6.44. The van der Waals surface area contributed by atoms with Gasteiger partial charge in [0.05, 0.1) is 29.7 Å². The zero-order valence-corrected chi connectivity index (χ0v) is 14.1. The summed E-state index contributed by atoms with van der Waals surface area (Å²) in [6.07, 6.45) is 10.9. The molecule has 0 saturated carbocycles. The minimum absolute atomic E-state index is 0.00846. The van der Waals surface area contributed by atoms with E-state index in [0.717, 1.165) is 36.2 Å². The van der Waals surface area contributed by atoms with Gasteiger partial charge in [-0.15, -0.1) is 0 Å². The van der Waals surface area contributed by atoms with Crippen LogP contribution in [0.3, 0.4) is 0 Å². The van der Waals surface area contributed by atoms with E-state index >= 15 is 0 Å². The van der Waals surface area contributed by atoms with Crippen LogP contribution >= 0.6 is 0 Å². The van der Waals surface area contributed by atoms with Gasteiger partial charge in [0.1, 0.15) is 0 Å². The topological polar surface area (TPSA) is 79.7 Å². The van der Waals surface area contributed by atoms with Gasteiger partial charge in [0.2, 0.25) is 0 Å². The summed E-state index contributed by atoms with van der Waals surface area (Å²) in [7, 11) is 0. The molecule has 3 aromatic rings. The molecule has 7 heteroatoms. The van der Waals surface area contributed by atoms with Crippen LogP contribution in [-0.2, 0) is 0 Å². The molecule has 128 valence electrons. The van der Waals surface area contributed by atoms with Crippen molar-refractivity contribution in [2.45, 2.75) is 25.8 Å². The highest BCUT2D eigenvalue weighted by Gasteiger charge is 2.28. The number of aromatic amines is 1. The molecule has 25 heavy (non-hydrogen) atoms. The van der Waals surface area contributed by atoms with Crippen molar-refractivity contribution < 1.29 is 4.79 Å². The summed E-state index contributed by atoms with van der Waals surface area (Å²) in [5.41, 5.74) is 3.39. The van der Waals surface area contributed by atoms with Gasteiger partial charge >= 0.3 is 0 Å². The van der Waals surface area contributed by atoms with Gasteiger partial charge in [0.15, 0.2) is 0 Å². The number of hydrogen-bond donors (Lipinski definition) is 1. The molecule has 4 rings (SSSR count). The van der Waals surface area contributed by atoms with Crippen LogP contribution in [0.4, 0.5) is 0 Å². The molecule has 1 atom stereocenters. The molecule has 1 aliphatic heterocycles. The molecular weight excluding hydrogens is 316 g/mol. The highest BCUT2D eigenvalue weighted by Crippen LogP contribution is 2.26. The van der Waals surface area contributed by atoms with Crippen molar-refractivity contribution >= 4 is 5.91 Å². The van der Waals surface area contributed by atoms with Crippen LogP contribution in [0.2, 0.25) is 0 Å². The number of H-pyrrole nitrogens is 1. The summed E-state index contributed by atoms with van der Waals surface area (Å²) in [5, 5.41) is 11.4. The molecule has 0 unspecified atom stereocenters. The Hall–Kier alpha value is -2.96. The van der Waals surface area contributed by atoms with E-state index in [4.69, 9.17) is 0 Å². The van der Waals surface area contributed by atoms with Crippen molar-refractivity contribution in [3.05, 3.63) is 54.2 Å². The van der Waals surface area contributed by atoms with E-state index in [-0.39, 0.29) is 11.9 Å². The second kappa shape index (κ2) is 6.51. The maximum absolute atomic E-state index is 13.1. The van der Waals surface area contributed by atoms with Crippen molar-refractivity contribution in [1.29, 1.82) is 0 Å². The Morgan fingerprint density at radius 1 is 1.28 bits per heavy atom. The van der Waals surface area contributed by atoms with Crippen molar-refractivity contribution in [1.82, 2.24) is 29.9 Å². The van der Waals surface area contributed by atoms with Crippen molar-refractivity contribution in [3.63, 3.8) is 0 Å². The van der Waals surface area contributed by atoms with Crippen LogP contribution in [-0.4, -0.2) is 48.9 Å². The van der Waals surface area contributed by atoms with Gasteiger partial charge in [-0.1, -0.05) is 0 Å². The molecule has 3 aromatic heterocycles. The lowest BCUT2D eigenvalue weighted by Crippen LogP contribution is -2.40. The minimum Gasteiger partial charge on any atom is -0.336 e. The molecule has 0 aromatic carbocycles. The molecule has 0 aliphatic carbocycles. The smallest absolute Gasteiger partial charge is 0.257 e. The lowest BCUT2D eigenvalue weighted by atomic mass is 10.0. The summed E-state index contributed by atoms with van der Waals surface area (Å²) < 4.78 is 1.98. The predicted octanol–water partition coefficient (Wildman–Crippen LogP) is 2.45. The van der Waals surface area contributed by atoms with E-state index in [9.17, 15) is 4.79 Å². The number of carbonyl (C=O) groups excluding carboxylic acids is 1. The first-order valence-corrected chi connectivity index (χ1v) is 8.46. The maximum atomic E-state index is 13.1. The summed E-state index contributed by atoms with van der Waals surface area (Å²) in [6, 6.07) is 3.97. The molecule has 1 fully saturated rings. The van der Waals surface area contributed by atoms with Crippen LogP contribution in [0.25, 0.3) is 11.3 Å². The van der Waals surface area contributed by atoms with E-state index in [0.29, 0.717) is 12.1 Å². The molecule has 1 N–H and O–H groups in total. The molecule has 7 nitrogen and oxygen atoms in total. The van der Waals surface area contributed by atoms with Gasteiger partial charge in [0, 0.05) is 37.2 Å². The number of nitrogens with one attached hydrogen (secondary N) is 1. The number of piperidine rings is 1. The molecule has 0 radical (unpaired) electrons. The van der Waals surface area contributed by atoms with Crippen molar-refractivity contribution in [2.75, 3.05) is 13.1 Å². The third-order valence-corrected chi connectivity index (χ3v) is 4.63. The highest BCUT2D eigenvalue weighted by molar-refractivity contribution is 5.99. The monoisotopic (exact) mass is 336 g/mol. The number of aromatic nitrogens is 5. The number of rotatable bonds is 3. The minimum atomic E-state index is 0.00846. The normalized spacial score (nSPS) is 17.6. The van der Waals surface area contributed by atoms with Gasteiger partial charge in [-0.2, -0.15) is 10.2 Å². The van der Waals surface area contributed by atoms with Crippen LogP contribution in [0.1, 0.15) is 34.8 Å². The number of hydrogen-bond acceptors (Lipinski definition) is 4. The Morgan fingerprint density at radius 3 is 2.88 bits per heavy atom.